The van der Waals surface area contributed by atoms with Crippen LogP contribution in [0, 0.1) is 52.0 Å². The molecule has 18 aromatic rings. The summed E-state index contributed by atoms with van der Waals surface area (Å²) in [6.45, 7) is 14.7. The molecule has 0 saturated carbocycles. The van der Waals surface area contributed by atoms with E-state index in [-0.39, 0.29) is 69.8 Å². The number of para-hydroxylation sites is 4. The number of aromatic nitrogens is 12. The summed E-state index contributed by atoms with van der Waals surface area (Å²) < 4.78 is 25.5. The second-order valence-electron chi connectivity index (χ2n) is 25.2. The molecule has 101 heavy (non-hydrogen) atoms. The fourth-order valence-electron chi connectivity index (χ4n) is 13.5. The van der Waals surface area contributed by atoms with Crippen molar-refractivity contribution in [2.24, 2.45) is 0 Å². The molecule has 0 bridgehead atoms. The third-order valence-corrected chi connectivity index (χ3v) is 17.8. The monoisotopic (exact) mass is 1680 g/mol. The Kier molecular flexibility index (Phi) is 19.3. The molecule has 0 radical (unpaired) electrons. The van der Waals surface area contributed by atoms with Crippen LogP contribution in [0.15, 0.2) is 237 Å². The molecule has 504 valence electrons. The SMILES string of the molecule is C.C.C.Cc1cc(C)n(-c2[c-]c(Oc3[c-]c4c(cc3)c3ccccc3n4-c3cc(-n4c5ccccc5c5cccnc54)ccn3)cc(C(C)(C)C)c2)n1.Cc1cc(C)n(-c2[c-]c(Oc3[c-]c4c(cc3)c3ccccc3n4-c3cc(-n4c5ccccc5c5cccnc54)ccn3)ccc2)n1.[Pt+2].[Pt+2]. The van der Waals surface area contributed by atoms with E-state index in [4.69, 9.17) is 34.5 Å². The zero-order chi connectivity index (χ0) is 64.9. The first-order valence-corrected chi connectivity index (χ1v) is 31.9. The van der Waals surface area contributed by atoms with E-state index in [9.17, 15) is 0 Å². The number of pyridine rings is 4. The summed E-state index contributed by atoms with van der Waals surface area (Å²) in [5, 5.41) is 18.2. The molecular weight excluding hydrogens is 1610 g/mol. The molecule has 0 aliphatic carbocycles. The van der Waals surface area contributed by atoms with Crippen LogP contribution >= 0.6 is 0 Å². The molecule has 0 aliphatic heterocycles. The third-order valence-electron chi connectivity index (χ3n) is 17.8. The van der Waals surface area contributed by atoms with Gasteiger partial charge in [-0.1, -0.05) is 127 Å². The molecular formula is C85H72N12O2Pt2. The second kappa shape index (κ2) is 27.9. The number of ether oxygens (including phenoxy) is 2. The molecule has 16 heteroatoms. The topological polar surface area (TPSA) is 125 Å². The van der Waals surface area contributed by atoms with Crippen LogP contribution in [-0.4, -0.2) is 57.8 Å². The van der Waals surface area contributed by atoms with Crippen molar-refractivity contribution in [2.45, 2.75) is 76.2 Å². The van der Waals surface area contributed by atoms with Gasteiger partial charge in [0.1, 0.15) is 22.9 Å². The molecule has 0 aliphatic rings. The second-order valence-corrected chi connectivity index (χ2v) is 25.2. The fourth-order valence-corrected chi connectivity index (χ4v) is 13.5. The van der Waals surface area contributed by atoms with E-state index in [0.29, 0.717) is 23.0 Å². The van der Waals surface area contributed by atoms with Gasteiger partial charge >= 0.3 is 42.1 Å². The van der Waals surface area contributed by atoms with Gasteiger partial charge in [0.15, 0.2) is 0 Å². The van der Waals surface area contributed by atoms with Gasteiger partial charge in [-0.3, -0.25) is 18.5 Å². The quantitative estimate of drug-likeness (QED) is 0.124. The van der Waals surface area contributed by atoms with Crippen LogP contribution in [-0.2, 0) is 47.5 Å². The summed E-state index contributed by atoms with van der Waals surface area (Å²) >= 11 is 0. The van der Waals surface area contributed by atoms with Crippen molar-refractivity contribution in [3.63, 3.8) is 0 Å². The van der Waals surface area contributed by atoms with E-state index in [2.05, 4.69) is 227 Å². The normalized spacial score (nSPS) is 11.3. The number of nitrogens with zero attached hydrogens (tertiary/aromatic N) is 12. The Hall–Kier alpha value is -11.0. The summed E-state index contributed by atoms with van der Waals surface area (Å²) in [5.41, 5.74) is 16.4. The molecule has 14 nitrogen and oxygen atoms in total. The molecule has 0 amide bonds. The number of rotatable bonds is 10. The molecule has 0 unspecified atom stereocenters. The number of benzene rings is 8. The summed E-state index contributed by atoms with van der Waals surface area (Å²) in [5.74, 6) is 3.92. The predicted molar refractivity (Wildman–Crippen MR) is 402 cm³/mol. The van der Waals surface area contributed by atoms with Gasteiger partial charge in [0, 0.05) is 104 Å². The Morgan fingerprint density at radius 1 is 0.337 bits per heavy atom. The van der Waals surface area contributed by atoms with E-state index in [1.807, 2.05) is 116 Å². The molecule has 10 aromatic heterocycles. The van der Waals surface area contributed by atoms with Gasteiger partial charge in [-0.25, -0.2) is 19.9 Å². The van der Waals surface area contributed by atoms with Gasteiger partial charge in [-0.15, -0.1) is 77.0 Å². The van der Waals surface area contributed by atoms with E-state index in [1.54, 1.807) is 0 Å². The van der Waals surface area contributed by atoms with E-state index in [1.165, 1.54) is 0 Å². The van der Waals surface area contributed by atoms with Gasteiger partial charge in [0.25, 0.3) is 0 Å². The zero-order valence-corrected chi connectivity index (χ0v) is 58.9. The van der Waals surface area contributed by atoms with Crippen molar-refractivity contribution < 1.29 is 51.6 Å². The van der Waals surface area contributed by atoms with Crippen LogP contribution in [0.3, 0.4) is 0 Å². The zero-order valence-electron chi connectivity index (χ0n) is 54.3. The van der Waals surface area contributed by atoms with E-state index in [0.717, 1.165) is 150 Å². The van der Waals surface area contributed by atoms with Crippen molar-refractivity contribution in [1.29, 1.82) is 0 Å². The average molecular weight is 1680 g/mol. The smallest absolute Gasteiger partial charge is 0.509 e. The maximum Gasteiger partial charge on any atom is 2.00 e. The van der Waals surface area contributed by atoms with Crippen LogP contribution < -0.4 is 9.47 Å². The molecule has 18 rings (SSSR count). The number of fused-ring (bicyclic) bond motifs is 12. The number of hydrogen-bond donors (Lipinski definition) is 0. The minimum atomic E-state index is -0.110. The van der Waals surface area contributed by atoms with Crippen LogP contribution in [0.4, 0.5) is 0 Å². The summed E-state index contributed by atoms with van der Waals surface area (Å²) in [4.78, 5) is 19.4. The van der Waals surface area contributed by atoms with Crippen LogP contribution in [0.2, 0.25) is 0 Å². The molecule has 0 atom stereocenters. The van der Waals surface area contributed by atoms with Crippen molar-refractivity contribution in [2.75, 3.05) is 0 Å². The molecule has 0 saturated heterocycles. The van der Waals surface area contributed by atoms with Crippen molar-refractivity contribution >= 4 is 87.5 Å². The van der Waals surface area contributed by atoms with Crippen LogP contribution in [0.25, 0.3) is 122 Å². The Morgan fingerprint density at radius 3 is 1.20 bits per heavy atom. The largest absolute Gasteiger partial charge is 2.00 e. The minimum Gasteiger partial charge on any atom is -0.509 e. The minimum absolute atomic E-state index is 0. The predicted octanol–water partition coefficient (Wildman–Crippen LogP) is 20.9. The fraction of sp³-hybridized carbons (Fsp3) is 0.129. The molecule has 10 heterocycles. The Labute approximate surface area is 615 Å². The van der Waals surface area contributed by atoms with Crippen LogP contribution in [0.1, 0.15) is 71.4 Å². The average Bonchev–Trinajstić information content (AvgIpc) is 1.60. The van der Waals surface area contributed by atoms with Crippen LogP contribution in [0.5, 0.6) is 23.0 Å². The van der Waals surface area contributed by atoms with Crippen molar-refractivity contribution in [3.05, 3.63) is 290 Å². The third kappa shape index (κ3) is 12.4. The maximum absolute atomic E-state index is 6.60. The summed E-state index contributed by atoms with van der Waals surface area (Å²) in [7, 11) is 0. The van der Waals surface area contributed by atoms with Gasteiger partial charge in [0.05, 0.1) is 33.8 Å². The number of hydrogen-bond acceptors (Lipinski definition) is 8. The first kappa shape index (κ1) is 69.8. The van der Waals surface area contributed by atoms with Gasteiger partial charge in [0.2, 0.25) is 0 Å². The summed E-state index contributed by atoms with van der Waals surface area (Å²) in [6, 6.07) is 86.4. The van der Waals surface area contributed by atoms with Gasteiger partial charge in [-0.05, 0) is 128 Å². The Bertz CT molecular complexity index is 6020. The first-order chi connectivity index (χ1) is 46.8. The van der Waals surface area contributed by atoms with Crippen molar-refractivity contribution in [3.8, 4) is 57.4 Å². The maximum atomic E-state index is 6.60. The first-order valence-electron chi connectivity index (χ1n) is 31.9. The van der Waals surface area contributed by atoms with E-state index < -0.39 is 0 Å². The Balaban J connectivity index is 0.000000183. The Morgan fingerprint density at radius 2 is 0.743 bits per heavy atom. The summed E-state index contributed by atoms with van der Waals surface area (Å²) in [6.07, 6.45) is 7.41. The molecule has 8 aromatic carbocycles. The standard InChI is InChI=1S/C43H34N6O.C39H26N6O.3CH4.2Pt/c1-27-21-28(2)49(46-27)31-22-29(43(3,4)5)23-33(24-31)50-32-16-17-36-34-11-6-9-15-39(34)48(40(36)26-32)41-25-30(18-20-44-41)47-38-14-8-7-12-35(38)37-13-10-19-45-42(37)47;1-25-21-26(2)45(42-25)28-9-7-10-29(22-28)46-30-16-17-33-31-11-3-6-15-36(31)44(37(33)24-30)38-23-27(18-20-40-38)43-35-14-5-4-12-32(35)34-13-8-19-41-39(34)43;;;;;/h6-23,25H,1-5H3;3-21,23H,1-2H3;3*1H4;;/q2*-2;;;;2*+2. The van der Waals surface area contributed by atoms with Gasteiger partial charge < -0.3 is 18.6 Å². The molecule has 0 fully saturated rings. The van der Waals surface area contributed by atoms with Gasteiger partial charge in [-0.2, -0.15) is 28.4 Å². The molecule has 0 spiro atoms. The van der Waals surface area contributed by atoms with Crippen molar-refractivity contribution in [1.82, 2.24) is 57.8 Å². The van der Waals surface area contributed by atoms with E-state index >= 15 is 0 Å². The number of aryl methyl sites for hydroxylation is 4. The molecule has 0 N–H and O–H groups in total.